The zero-order chi connectivity index (χ0) is 34.4. The van der Waals surface area contributed by atoms with Crippen LogP contribution in [0.5, 0.6) is 0 Å². The topological polar surface area (TPSA) is 147 Å². The van der Waals surface area contributed by atoms with Crippen molar-refractivity contribution in [2.75, 3.05) is 0 Å². The molecule has 1 amide bonds. The summed E-state index contributed by atoms with van der Waals surface area (Å²) in [4.78, 5) is 17.3. The quantitative estimate of drug-likeness (QED) is 0.0556. The summed E-state index contributed by atoms with van der Waals surface area (Å²) in [5.41, 5.74) is 9.67. The van der Waals surface area contributed by atoms with Crippen molar-refractivity contribution >= 4 is 38.3 Å². The van der Waals surface area contributed by atoms with Crippen LogP contribution in [0.1, 0.15) is 63.1 Å². The third-order valence-electron chi connectivity index (χ3n) is 8.74. The summed E-state index contributed by atoms with van der Waals surface area (Å²) >= 11 is 0. The average molecular weight is 673 g/mol. The summed E-state index contributed by atoms with van der Waals surface area (Å²) in [6.45, 7) is 4.88. The number of carbonyl (C=O) groups is 1. The Morgan fingerprint density at radius 2 is 1.79 bits per heavy atom. The van der Waals surface area contributed by atoms with Crippen molar-refractivity contribution in [3.05, 3.63) is 102 Å². The summed E-state index contributed by atoms with van der Waals surface area (Å²) < 4.78 is 73.9. The van der Waals surface area contributed by atoms with Crippen LogP contribution in [0, 0.1) is 17.1 Å². The molecular weight excluding hydrogens is 634 g/mol. The van der Waals surface area contributed by atoms with Crippen LogP contribution < -0.4 is 20.8 Å². The molecule has 2 atom stereocenters. The second-order valence-electron chi connectivity index (χ2n) is 13.0. The smallest absolute Gasteiger partial charge is 0.384 e. The fourth-order valence-electron chi connectivity index (χ4n) is 5.81. The number of alkyl halides is 3. The van der Waals surface area contributed by atoms with E-state index in [1.54, 1.807) is 45.3 Å². The molecule has 6 N–H and O–H groups in total. The van der Waals surface area contributed by atoms with Gasteiger partial charge in [-0.15, -0.1) is 4.59 Å². The van der Waals surface area contributed by atoms with E-state index in [9.17, 15) is 22.2 Å². The number of nitrogens with one attached hydrogen (secondary N) is 2. The Kier molecular flexibility index (Phi) is 8.75. The summed E-state index contributed by atoms with van der Waals surface area (Å²) in [7, 11) is -4.11. The molecule has 0 saturated heterocycles. The number of hydrogen-bond acceptors (Lipinski definition) is 5. The maximum Gasteiger partial charge on any atom is 0.438 e. The number of nitrogens with two attached hydrogens (primary N) is 2. The van der Waals surface area contributed by atoms with E-state index in [0.29, 0.717) is 23.5 Å². The summed E-state index contributed by atoms with van der Waals surface area (Å²) in [6, 6.07) is 13.2. The van der Waals surface area contributed by atoms with Gasteiger partial charge in [0.1, 0.15) is 12.0 Å². The molecule has 2 aromatic carbocycles. The summed E-state index contributed by atoms with van der Waals surface area (Å²) in [5.74, 6) is -0.856. The van der Waals surface area contributed by atoms with Crippen LogP contribution in [0.3, 0.4) is 0 Å². The maximum absolute atomic E-state index is 16.2. The lowest BCUT2D eigenvalue weighted by atomic mass is 9.80. The van der Waals surface area contributed by atoms with E-state index in [2.05, 4.69) is 14.8 Å². The van der Waals surface area contributed by atoms with Gasteiger partial charge in [0.05, 0.1) is 5.54 Å². The molecule has 2 heterocycles. The number of aromatic nitrogens is 1. The first-order valence-electron chi connectivity index (χ1n) is 15.0. The number of nitrogens with zero attached hydrogens (tertiary/aromatic N) is 3. The number of amides is 1. The molecule has 0 radical (unpaired) electrons. The molecular formula is C33H38F4N7O2S+. The average Bonchev–Trinajstić information content (AvgIpc) is 3.73. The predicted molar refractivity (Wildman–Crippen MR) is 177 cm³/mol. The lowest BCUT2D eigenvalue weighted by Gasteiger charge is -2.45. The molecule has 1 unspecified atom stereocenters. The van der Waals surface area contributed by atoms with Crippen LogP contribution in [0.15, 0.2) is 84.4 Å². The highest BCUT2D eigenvalue weighted by Crippen LogP contribution is 2.47. The highest BCUT2D eigenvalue weighted by Gasteiger charge is 2.50. The van der Waals surface area contributed by atoms with E-state index in [-0.39, 0.29) is 29.2 Å². The van der Waals surface area contributed by atoms with Crippen molar-refractivity contribution < 1.29 is 26.6 Å². The number of carbonyl (C=O) groups excluding carboxylic acids is 1. The van der Waals surface area contributed by atoms with Crippen molar-refractivity contribution in [3.8, 4) is 0 Å². The van der Waals surface area contributed by atoms with Crippen molar-refractivity contribution in [2.24, 2.45) is 22.5 Å². The van der Waals surface area contributed by atoms with Crippen LogP contribution in [0.2, 0.25) is 0 Å². The zero-order valence-corrected chi connectivity index (χ0v) is 27.1. The van der Waals surface area contributed by atoms with Crippen LogP contribution in [0.25, 0.3) is 0 Å². The number of pyridine rings is 1. The first-order valence-corrected chi connectivity index (χ1v) is 16.7. The Morgan fingerprint density at radius 1 is 1.06 bits per heavy atom. The minimum atomic E-state index is -4.85. The van der Waals surface area contributed by atoms with Gasteiger partial charge in [-0.25, -0.2) is 9.11 Å². The molecule has 14 heteroatoms. The van der Waals surface area contributed by atoms with Gasteiger partial charge in [-0.1, -0.05) is 42.2 Å². The number of thiol groups is 1. The molecule has 9 nitrogen and oxygen atoms in total. The van der Waals surface area contributed by atoms with E-state index >= 15 is 4.39 Å². The van der Waals surface area contributed by atoms with Gasteiger partial charge in [0, 0.05) is 57.1 Å². The van der Waals surface area contributed by atoms with Crippen LogP contribution in [0.4, 0.5) is 33.7 Å². The summed E-state index contributed by atoms with van der Waals surface area (Å²) in [6.07, 6.45) is 3.01. The monoisotopic (exact) mass is 672 g/mol. The van der Waals surface area contributed by atoms with Gasteiger partial charge in [0.15, 0.2) is 11.5 Å². The minimum absolute atomic E-state index is 0.0830. The van der Waals surface area contributed by atoms with Gasteiger partial charge < -0.3 is 11.5 Å². The van der Waals surface area contributed by atoms with Crippen LogP contribution >= 0.6 is 0 Å². The number of amidine groups is 1. The van der Waals surface area contributed by atoms with Gasteiger partial charge in [-0.2, -0.15) is 13.2 Å². The van der Waals surface area contributed by atoms with Crippen LogP contribution in [-0.2, 0) is 15.7 Å². The van der Waals surface area contributed by atoms with E-state index in [1.807, 2.05) is 0 Å². The molecule has 1 aliphatic carbocycles. The Morgan fingerprint density at radius 3 is 2.34 bits per heavy atom. The third-order valence-corrected chi connectivity index (χ3v) is 11.9. The lowest BCUT2D eigenvalue weighted by molar-refractivity contribution is -0.0580. The van der Waals surface area contributed by atoms with E-state index < -0.39 is 47.9 Å². The van der Waals surface area contributed by atoms with Gasteiger partial charge in [0.2, 0.25) is 11.4 Å². The molecule has 5 rings (SSSR count). The van der Waals surface area contributed by atoms with E-state index in [4.69, 9.17) is 16.9 Å². The highest BCUT2D eigenvalue weighted by atomic mass is 32.3. The predicted octanol–water partition coefficient (Wildman–Crippen LogP) is 6.42. The normalized spacial score (nSPS) is 20.0. The molecule has 250 valence electrons. The molecule has 0 bridgehead atoms. The first kappa shape index (κ1) is 34.1. The Bertz CT molecular complexity index is 1820. The Balaban J connectivity index is 1.83. The van der Waals surface area contributed by atoms with Gasteiger partial charge in [-0.3, -0.25) is 19.4 Å². The minimum Gasteiger partial charge on any atom is -0.384 e. The van der Waals surface area contributed by atoms with E-state index in [0.717, 1.165) is 31.2 Å². The van der Waals surface area contributed by atoms with Crippen LogP contribution in [-0.4, -0.2) is 36.9 Å². The van der Waals surface area contributed by atoms with Crippen molar-refractivity contribution in [1.29, 1.82) is 5.41 Å². The number of primary amides is 1. The fourth-order valence-corrected chi connectivity index (χ4v) is 7.83. The molecule has 2 aliphatic rings. The number of quaternary nitrogens is 1. The van der Waals surface area contributed by atoms with E-state index in [1.165, 1.54) is 36.4 Å². The molecule has 1 aliphatic heterocycles. The van der Waals surface area contributed by atoms with Gasteiger partial charge in [0.25, 0.3) is 5.24 Å². The molecule has 0 spiro atoms. The number of halogens is 4. The molecule has 1 fully saturated rings. The highest BCUT2D eigenvalue weighted by molar-refractivity contribution is 8.15. The molecule has 47 heavy (non-hydrogen) atoms. The Hall–Kier alpha value is -4.27. The fraction of sp³-hybridized carbons (Fsp3) is 0.333. The standard InChI is InChI=1S/C33H37F4N7O2S/c1-31(2,3)47(46,30(40)45)43-32(15-13-21-9-10-21,24-7-5-16-41-20-24)23-11-12-26(34)27(19-23)44(17-14-28(42-44)33(35,36)37)25-8-4-6-22(18-25)29(38)39/h4-8,11-12,14,16-21,47H,9-10,13,15H2,1-3H3,(H5-,38,39,40,43,45,46)/p+1/t32?,44-/m1/s1. The Labute approximate surface area is 271 Å². The molecule has 1 saturated carbocycles. The maximum atomic E-state index is 16.2. The van der Waals surface area contributed by atoms with Gasteiger partial charge in [-0.05, 0) is 62.8 Å². The van der Waals surface area contributed by atoms with Crippen molar-refractivity contribution in [3.63, 3.8) is 0 Å². The number of hydrogen-bond donors (Lipinski definition) is 5. The molecule has 3 aromatic rings. The number of nitrogen functional groups attached to an aromatic ring is 1. The van der Waals surface area contributed by atoms with Crippen molar-refractivity contribution in [1.82, 2.24) is 14.3 Å². The number of benzene rings is 2. The largest absolute Gasteiger partial charge is 0.438 e. The number of rotatable bonds is 10. The number of allylic oxidation sites excluding steroid dienone is 1. The van der Waals surface area contributed by atoms with Crippen molar-refractivity contribution in [2.45, 2.75) is 62.9 Å². The molecule has 1 aromatic heterocycles. The zero-order valence-electron chi connectivity index (χ0n) is 26.2. The third kappa shape index (κ3) is 6.36. The summed E-state index contributed by atoms with van der Waals surface area (Å²) in [5, 5.41) is 10.9. The second kappa shape index (κ2) is 12.1. The SMILES string of the molecule is CC(C)(C)[SH](=O)(NC(CCC1CC1)(c1cccnc1)c1ccc(F)c([N@+]2(c3cccc(C(=N)N)c3)C=CC(C(F)(F)F)=N2)c1)C(N)=O. The lowest BCUT2D eigenvalue weighted by Crippen LogP contribution is -2.60. The van der Waals surface area contributed by atoms with Gasteiger partial charge >= 0.3 is 6.18 Å². The second-order valence-corrected chi connectivity index (χ2v) is 16.2. The first-order chi connectivity index (χ1) is 21.9.